The number of benzene rings is 2. The van der Waals surface area contributed by atoms with E-state index in [1.807, 2.05) is 67.5 Å². The van der Waals surface area contributed by atoms with Gasteiger partial charge in [0.2, 0.25) is 11.9 Å². The number of fused-ring (bicyclic) bond motifs is 1. The molecule has 33 heavy (non-hydrogen) atoms. The van der Waals surface area contributed by atoms with E-state index < -0.39 is 0 Å². The van der Waals surface area contributed by atoms with Gasteiger partial charge in [-0.25, -0.2) is 4.98 Å². The predicted molar refractivity (Wildman–Crippen MR) is 136 cm³/mol. The van der Waals surface area contributed by atoms with Crippen LogP contribution in [0.5, 0.6) is 0 Å². The molecule has 4 rings (SSSR count). The Bertz CT molecular complexity index is 1060. The van der Waals surface area contributed by atoms with Crippen LogP contribution in [0.4, 0.5) is 11.8 Å². The van der Waals surface area contributed by atoms with Gasteiger partial charge in [0.15, 0.2) is 0 Å². The lowest BCUT2D eigenvalue weighted by Gasteiger charge is -2.30. The number of nitrogens with one attached hydrogen (secondary N) is 2. The van der Waals surface area contributed by atoms with E-state index in [0.717, 1.165) is 60.9 Å². The summed E-state index contributed by atoms with van der Waals surface area (Å²) in [5.74, 6) is 2.23. The third-order valence-electron chi connectivity index (χ3n) is 6.68. The van der Waals surface area contributed by atoms with Crippen molar-refractivity contribution in [2.75, 3.05) is 30.9 Å². The molecule has 2 N–H and O–H groups in total. The molecule has 1 atom stereocenters. The Labute approximate surface area is 196 Å². The summed E-state index contributed by atoms with van der Waals surface area (Å²) in [7, 11) is 4.03. The van der Waals surface area contributed by atoms with Gasteiger partial charge in [0.05, 0.1) is 11.4 Å². The first-order valence-electron chi connectivity index (χ1n) is 12.1. The summed E-state index contributed by atoms with van der Waals surface area (Å²) < 4.78 is 0. The molecule has 0 saturated heterocycles. The third kappa shape index (κ3) is 5.62. The molecule has 1 aliphatic rings. The smallest absolute Gasteiger partial charge is 0.227 e. The van der Waals surface area contributed by atoms with Gasteiger partial charge >= 0.3 is 0 Å². The molecule has 6 heteroatoms. The highest BCUT2D eigenvalue weighted by Gasteiger charge is 2.24. The van der Waals surface area contributed by atoms with Gasteiger partial charge in [-0.15, -0.1) is 0 Å². The van der Waals surface area contributed by atoms with E-state index in [9.17, 15) is 4.79 Å². The Kier molecular flexibility index (Phi) is 7.43. The number of anilines is 2. The van der Waals surface area contributed by atoms with Crippen molar-refractivity contribution in [3.05, 3.63) is 60.2 Å². The zero-order valence-electron chi connectivity index (χ0n) is 19.9. The highest BCUT2D eigenvalue weighted by atomic mass is 16.1. The molecular weight excluding hydrogens is 410 g/mol. The Morgan fingerprint density at radius 1 is 1.00 bits per heavy atom. The van der Waals surface area contributed by atoms with Crippen molar-refractivity contribution < 1.29 is 4.79 Å². The number of carbonyl (C=O) groups excluding carboxylic acids is 1. The number of nitrogens with zero attached hydrogens (tertiary/aromatic N) is 3. The highest BCUT2D eigenvalue weighted by molar-refractivity contribution is 5.90. The Morgan fingerprint density at radius 3 is 2.39 bits per heavy atom. The fraction of sp³-hybridized carbons (Fsp3) is 0.444. The van der Waals surface area contributed by atoms with Crippen molar-refractivity contribution in [1.82, 2.24) is 15.3 Å². The van der Waals surface area contributed by atoms with Crippen LogP contribution in [0.15, 0.2) is 54.6 Å². The fourth-order valence-corrected chi connectivity index (χ4v) is 4.78. The first-order valence-corrected chi connectivity index (χ1v) is 12.1. The zero-order valence-corrected chi connectivity index (χ0v) is 19.9. The van der Waals surface area contributed by atoms with Crippen LogP contribution in [0.2, 0.25) is 0 Å². The summed E-state index contributed by atoms with van der Waals surface area (Å²) in [5.41, 5.74) is 2.05. The summed E-state index contributed by atoms with van der Waals surface area (Å²) in [6, 6.07) is 18.6. The van der Waals surface area contributed by atoms with Crippen molar-refractivity contribution in [3.63, 3.8) is 0 Å². The standard InChI is InChI=1S/C27H35N5O/c1-4-22(20-10-6-5-7-11-20)26(33)28-18-19-14-16-21(17-15-19)29-27-30-24-13-9-8-12-23(24)25(31-27)32(2)3/h5-13,19,21-22H,4,14-18H2,1-3H3,(H,28,33)(H,29,30,31)/t19-,21+,22?. The lowest BCUT2D eigenvalue weighted by atomic mass is 9.85. The van der Waals surface area contributed by atoms with Crippen LogP contribution < -0.4 is 15.5 Å². The minimum atomic E-state index is -0.0693. The molecule has 1 fully saturated rings. The number of hydrogen-bond acceptors (Lipinski definition) is 5. The van der Waals surface area contributed by atoms with Gasteiger partial charge < -0.3 is 15.5 Å². The normalized spacial score (nSPS) is 19.1. The third-order valence-corrected chi connectivity index (χ3v) is 6.68. The van der Waals surface area contributed by atoms with Crippen molar-refractivity contribution in [2.45, 2.75) is 51.0 Å². The van der Waals surface area contributed by atoms with Gasteiger partial charge in [-0.05, 0) is 55.7 Å². The van der Waals surface area contributed by atoms with Crippen LogP contribution in [0, 0.1) is 5.92 Å². The van der Waals surface area contributed by atoms with Gasteiger partial charge in [-0.1, -0.05) is 49.4 Å². The summed E-state index contributed by atoms with van der Waals surface area (Å²) in [4.78, 5) is 24.3. The van der Waals surface area contributed by atoms with Gasteiger partial charge in [-0.2, -0.15) is 4.98 Å². The highest BCUT2D eigenvalue weighted by Crippen LogP contribution is 2.28. The van der Waals surface area contributed by atoms with E-state index in [1.54, 1.807) is 0 Å². The van der Waals surface area contributed by atoms with E-state index in [0.29, 0.717) is 17.9 Å². The summed E-state index contributed by atoms with van der Waals surface area (Å²) >= 11 is 0. The molecule has 1 unspecified atom stereocenters. The zero-order chi connectivity index (χ0) is 23.2. The van der Waals surface area contributed by atoms with Crippen LogP contribution in [-0.4, -0.2) is 42.6 Å². The molecule has 1 amide bonds. The quantitative estimate of drug-likeness (QED) is 0.512. The molecule has 1 aliphatic carbocycles. The van der Waals surface area contributed by atoms with E-state index in [1.165, 1.54) is 0 Å². The molecular formula is C27H35N5O. The van der Waals surface area contributed by atoms with Gasteiger partial charge in [0, 0.05) is 32.1 Å². The summed E-state index contributed by atoms with van der Waals surface area (Å²) in [5, 5.41) is 7.85. The minimum Gasteiger partial charge on any atom is -0.362 e. The summed E-state index contributed by atoms with van der Waals surface area (Å²) in [6.07, 6.45) is 5.11. The molecule has 174 valence electrons. The predicted octanol–water partition coefficient (Wildman–Crippen LogP) is 4.98. The maximum Gasteiger partial charge on any atom is 0.227 e. The number of para-hydroxylation sites is 1. The van der Waals surface area contributed by atoms with Crippen molar-refractivity contribution in [2.24, 2.45) is 5.92 Å². The fourth-order valence-electron chi connectivity index (χ4n) is 4.78. The van der Waals surface area contributed by atoms with Gasteiger partial charge in [-0.3, -0.25) is 4.79 Å². The first-order chi connectivity index (χ1) is 16.0. The van der Waals surface area contributed by atoms with Crippen LogP contribution >= 0.6 is 0 Å². The minimum absolute atomic E-state index is 0.0693. The average Bonchev–Trinajstić information content (AvgIpc) is 2.84. The van der Waals surface area contributed by atoms with Crippen LogP contribution in [0.1, 0.15) is 50.5 Å². The molecule has 1 heterocycles. The largest absolute Gasteiger partial charge is 0.362 e. The molecule has 0 bridgehead atoms. The van der Waals surface area contributed by atoms with Crippen molar-refractivity contribution >= 4 is 28.6 Å². The number of rotatable bonds is 8. The number of amides is 1. The van der Waals surface area contributed by atoms with Gasteiger partial charge in [0.25, 0.3) is 0 Å². The molecule has 0 aliphatic heterocycles. The van der Waals surface area contributed by atoms with E-state index in [-0.39, 0.29) is 11.8 Å². The average molecular weight is 446 g/mol. The monoisotopic (exact) mass is 445 g/mol. The van der Waals surface area contributed by atoms with E-state index >= 15 is 0 Å². The molecule has 0 spiro atoms. The molecule has 1 saturated carbocycles. The van der Waals surface area contributed by atoms with Crippen LogP contribution in [0.25, 0.3) is 10.9 Å². The second-order valence-corrected chi connectivity index (χ2v) is 9.26. The topological polar surface area (TPSA) is 70.2 Å². The van der Waals surface area contributed by atoms with Gasteiger partial charge in [0.1, 0.15) is 5.82 Å². The molecule has 0 radical (unpaired) electrons. The number of carbonyl (C=O) groups is 1. The van der Waals surface area contributed by atoms with E-state index in [2.05, 4.69) is 23.6 Å². The Hall–Kier alpha value is -3.15. The summed E-state index contributed by atoms with van der Waals surface area (Å²) in [6.45, 7) is 2.83. The number of aromatic nitrogens is 2. The van der Waals surface area contributed by atoms with Crippen molar-refractivity contribution in [1.29, 1.82) is 0 Å². The Balaban J connectivity index is 1.30. The van der Waals surface area contributed by atoms with Crippen LogP contribution in [-0.2, 0) is 4.79 Å². The van der Waals surface area contributed by atoms with E-state index in [4.69, 9.17) is 9.97 Å². The second kappa shape index (κ2) is 10.6. The molecule has 1 aromatic heterocycles. The Morgan fingerprint density at radius 2 is 1.70 bits per heavy atom. The lowest BCUT2D eigenvalue weighted by Crippen LogP contribution is -2.36. The molecule has 6 nitrogen and oxygen atoms in total. The maximum absolute atomic E-state index is 12.8. The molecule has 2 aromatic carbocycles. The van der Waals surface area contributed by atoms with Crippen LogP contribution in [0.3, 0.4) is 0 Å². The maximum atomic E-state index is 12.8. The first kappa shape index (κ1) is 23.0. The van der Waals surface area contributed by atoms with Crippen molar-refractivity contribution in [3.8, 4) is 0 Å². The SMILES string of the molecule is CCC(C(=O)NC[C@H]1CC[C@@H](Nc2nc(N(C)C)c3ccccc3n2)CC1)c1ccccc1. The number of hydrogen-bond donors (Lipinski definition) is 2. The molecule has 3 aromatic rings. The second-order valence-electron chi connectivity index (χ2n) is 9.26. The lowest BCUT2D eigenvalue weighted by molar-refractivity contribution is -0.122.